The fourth-order valence-corrected chi connectivity index (χ4v) is 1.29. The summed E-state index contributed by atoms with van der Waals surface area (Å²) in [6, 6.07) is 0. The van der Waals surface area contributed by atoms with Gasteiger partial charge in [-0.15, -0.1) is 0 Å². The summed E-state index contributed by atoms with van der Waals surface area (Å²) in [6.07, 6.45) is -1.27. The number of rotatable bonds is 5. The fourth-order valence-electron chi connectivity index (χ4n) is 1.29. The van der Waals surface area contributed by atoms with Crippen molar-refractivity contribution in [2.24, 2.45) is 0 Å². The highest BCUT2D eigenvalue weighted by Gasteiger charge is 2.25. The number of aliphatic hydroxyl groups excluding tert-OH is 1. The second-order valence-corrected chi connectivity index (χ2v) is 3.31. The predicted molar refractivity (Wildman–Crippen MR) is 48.1 cm³/mol. The molecule has 0 saturated carbocycles. The lowest BCUT2D eigenvalue weighted by Crippen LogP contribution is -2.08. The fraction of sp³-hybridized carbons (Fsp3) is 0.667. The molecule has 1 heterocycles. The number of hydrogen-bond donors (Lipinski definition) is 1. The number of hydrogen-bond acceptors (Lipinski definition) is 2. The van der Waals surface area contributed by atoms with Crippen molar-refractivity contribution in [1.82, 2.24) is 9.55 Å². The molecule has 0 saturated heterocycles. The molecule has 0 radical (unpaired) electrons. The molecule has 86 valence electrons. The molecule has 0 spiro atoms. The zero-order chi connectivity index (χ0) is 11.3. The van der Waals surface area contributed by atoms with Gasteiger partial charge in [-0.3, -0.25) is 0 Å². The summed E-state index contributed by atoms with van der Waals surface area (Å²) >= 11 is 0. The summed E-state index contributed by atoms with van der Waals surface area (Å²) in [5.74, 6) is 0. The molecular formula is C9H13F3N2O. The van der Waals surface area contributed by atoms with Crippen LogP contribution in [-0.2, 0) is 13.2 Å². The van der Waals surface area contributed by atoms with Crippen LogP contribution in [0.15, 0.2) is 12.5 Å². The van der Waals surface area contributed by atoms with Crippen molar-refractivity contribution in [2.45, 2.75) is 38.6 Å². The third kappa shape index (κ3) is 4.33. The zero-order valence-corrected chi connectivity index (χ0v) is 8.17. The van der Waals surface area contributed by atoms with Gasteiger partial charge in [0.1, 0.15) is 0 Å². The van der Waals surface area contributed by atoms with Crippen LogP contribution in [0.25, 0.3) is 0 Å². The number of aliphatic hydroxyl groups is 1. The van der Waals surface area contributed by atoms with Gasteiger partial charge in [-0.25, -0.2) is 4.98 Å². The summed E-state index contributed by atoms with van der Waals surface area (Å²) < 4.78 is 37.1. The predicted octanol–water partition coefficient (Wildman–Crippen LogP) is 2.11. The molecule has 1 rings (SSSR count). The molecule has 0 atom stereocenters. The first kappa shape index (κ1) is 12.0. The topological polar surface area (TPSA) is 38.1 Å². The van der Waals surface area contributed by atoms with E-state index in [-0.39, 0.29) is 13.0 Å². The lowest BCUT2D eigenvalue weighted by atomic mass is 10.2. The zero-order valence-electron chi connectivity index (χ0n) is 8.17. The molecule has 15 heavy (non-hydrogen) atoms. The van der Waals surface area contributed by atoms with Crippen molar-refractivity contribution in [3.8, 4) is 0 Å². The first-order valence-corrected chi connectivity index (χ1v) is 4.69. The average Bonchev–Trinajstić information content (AvgIpc) is 2.58. The number of imidazole rings is 1. The highest BCUT2D eigenvalue weighted by molar-refractivity contribution is 4.95. The van der Waals surface area contributed by atoms with E-state index in [1.54, 1.807) is 4.57 Å². The van der Waals surface area contributed by atoms with E-state index < -0.39 is 12.6 Å². The Balaban J connectivity index is 2.26. The molecule has 0 aliphatic heterocycles. The molecule has 3 nitrogen and oxygen atoms in total. The maximum atomic E-state index is 11.8. The Labute approximate surface area is 85.6 Å². The molecule has 1 aromatic heterocycles. The highest BCUT2D eigenvalue weighted by Crippen LogP contribution is 2.22. The van der Waals surface area contributed by atoms with Gasteiger partial charge in [0.15, 0.2) is 0 Å². The third-order valence-electron chi connectivity index (χ3n) is 2.07. The maximum Gasteiger partial charge on any atom is 0.389 e. The van der Waals surface area contributed by atoms with Gasteiger partial charge in [0.05, 0.1) is 24.8 Å². The van der Waals surface area contributed by atoms with E-state index in [9.17, 15) is 13.2 Å². The van der Waals surface area contributed by atoms with Gasteiger partial charge in [0, 0.05) is 13.0 Å². The van der Waals surface area contributed by atoms with Crippen LogP contribution < -0.4 is 0 Å². The average molecular weight is 222 g/mol. The van der Waals surface area contributed by atoms with Crippen molar-refractivity contribution in [3.63, 3.8) is 0 Å². The Morgan fingerprint density at radius 3 is 2.67 bits per heavy atom. The van der Waals surface area contributed by atoms with Crippen LogP contribution >= 0.6 is 0 Å². The van der Waals surface area contributed by atoms with Crippen molar-refractivity contribution >= 4 is 0 Å². The molecule has 1 aromatic rings. The minimum atomic E-state index is -4.07. The standard InChI is InChI=1S/C9H13F3N2O/c10-9(11,12)3-1-2-4-14-7-13-5-8(14)6-15/h5,7,15H,1-4,6H2. The van der Waals surface area contributed by atoms with Crippen LogP contribution in [0.3, 0.4) is 0 Å². The van der Waals surface area contributed by atoms with Gasteiger partial charge in [-0.05, 0) is 12.8 Å². The van der Waals surface area contributed by atoms with E-state index in [0.717, 1.165) is 0 Å². The molecule has 0 unspecified atom stereocenters. The van der Waals surface area contributed by atoms with Crippen LogP contribution in [0.5, 0.6) is 0 Å². The second-order valence-electron chi connectivity index (χ2n) is 3.31. The Kier molecular flexibility index (Phi) is 4.14. The number of nitrogens with zero attached hydrogens (tertiary/aromatic N) is 2. The van der Waals surface area contributed by atoms with Crippen LogP contribution in [0.1, 0.15) is 25.0 Å². The maximum absolute atomic E-state index is 11.8. The third-order valence-corrected chi connectivity index (χ3v) is 2.07. The lowest BCUT2D eigenvalue weighted by molar-refractivity contribution is -0.135. The monoisotopic (exact) mass is 222 g/mol. The lowest BCUT2D eigenvalue weighted by Gasteiger charge is -2.07. The van der Waals surface area contributed by atoms with Gasteiger partial charge in [0.25, 0.3) is 0 Å². The summed E-state index contributed by atoms with van der Waals surface area (Å²) in [6.45, 7) is 0.325. The number of alkyl halides is 3. The summed E-state index contributed by atoms with van der Waals surface area (Å²) in [5.41, 5.74) is 0.627. The van der Waals surface area contributed by atoms with Gasteiger partial charge in [-0.1, -0.05) is 0 Å². The molecule has 0 fully saturated rings. The first-order valence-electron chi connectivity index (χ1n) is 4.69. The van der Waals surface area contributed by atoms with E-state index in [1.165, 1.54) is 12.5 Å². The van der Waals surface area contributed by atoms with Gasteiger partial charge in [0.2, 0.25) is 0 Å². The van der Waals surface area contributed by atoms with Crippen molar-refractivity contribution in [1.29, 1.82) is 0 Å². The molecule has 0 aromatic carbocycles. The van der Waals surface area contributed by atoms with Crippen LogP contribution in [0.4, 0.5) is 13.2 Å². The van der Waals surface area contributed by atoms with Crippen molar-refractivity contribution < 1.29 is 18.3 Å². The minimum absolute atomic E-state index is 0.104. The normalized spacial score (nSPS) is 12.0. The van der Waals surface area contributed by atoms with Gasteiger partial charge < -0.3 is 9.67 Å². The molecule has 1 N–H and O–H groups in total. The largest absolute Gasteiger partial charge is 0.390 e. The van der Waals surface area contributed by atoms with E-state index in [2.05, 4.69) is 4.98 Å². The molecule has 0 aliphatic carbocycles. The van der Waals surface area contributed by atoms with Gasteiger partial charge >= 0.3 is 6.18 Å². The second kappa shape index (κ2) is 5.16. The summed E-state index contributed by atoms with van der Waals surface area (Å²) in [4.78, 5) is 3.80. The van der Waals surface area contributed by atoms with Gasteiger partial charge in [-0.2, -0.15) is 13.2 Å². The number of aryl methyl sites for hydroxylation is 1. The minimum Gasteiger partial charge on any atom is -0.390 e. The molecule has 0 aliphatic rings. The molecule has 0 bridgehead atoms. The molecular weight excluding hydrogens is 209 g/mol. The smallest absolute Gasteiger partial charge is 0.389 e. The van der Waals surface area contributed by atoms with E-state index in [0.29, 0.717) is 18.7 Å². The van der Waals surface area contributed by atoms with Crippen molar-refractivity contribution in [3.05, 3.63) is 18.2 Å². The molecule has 0 amide bonds. The van der Waals surface area contributed by atoms with E-state index in [4.69, 9.17) is 5.11 Å². The van der Waals surface area contributed by atoms with Crippen LogP contribution in [0.2, 0.25) is 0 Å². The number of aromatic nitrogens is 2. The van der Waals surface area contributed by atoms with Crippen LogP contribution in [0, 0.1) is 0 Å². The van der Waals surface area contributed by atoms with E-state index >= 15 is 0 Å². The van der Waals surface area contributed by atoms with Crippen molar-refractivity contribution in [2.75, 3.05) is 0 Å². The molecule has 6 heteroatoms. The van der Waals surface area contributed by atoms with E-state index in [1.807, 2.05) is 0 Å². The Morgan fingerprint density at radius 1 is 1.33 bits per heavy atom. The number of halogens is 3. The van der Waals surface area contributed by atoms with Crippen LogP contribution in [-0.4, -0.2) is 20.8 Å². The summed E-state index contributed by atoms with van der Waals surface area (Å²) in [5, 5.41) is 8.85. The summed E-state index contributed by atoms with van der Waals surface area (Å²) in [7, 11) is 0. The number of unbranched alkanes of at least 4 members (excludes halogenated alkanes) is 1. The Hall–Kier alpha value is -1.04. The first-order chi connectivity index (χ1) is 7.03. The highest BCUT2D eigenvalue weighted by atomic mass is 19.4. The Bertz CT molecular complexity index is 296. The SMILES string of the molecule is OCc1cncn1CCCCC(F)(F)F. The quantitative estimate of drug-likeness (QED) is 0.775. The Morgan fingerprint density at radius 2 is 2.07 bits per heavy atom.